The summed E-state index contributed by atoms with van der Waals surface area (Å²) in [5.74, 6) is -1.75. The second kappa shape index (κ2) is 8.59. The van der Waals surface area contributed by atoms with Crippen LogP contribution in [0.1, 0.15) is 17.4 Å². The largest absolute Gasteiger partial charge is 0.450 e. The summed E-state index contributed by atoms with van der Waals surface area (Å²) in [7, 11) is 0. The molecule has 2 heterocycles. The van der Waals surface area contributed by atoms with Crippen molar-refractivity contribution < 1.29 is 23.1 Å². The van der Waals surface area contributed by atoms with Crippen molar-refractivity contribution in [3.8, 4) is 0 Å². The number of benzene rings is 1. The lowest BCUT2D eigenvalue weighted by molar-refractivity contribution is 0.0565. The number of amides is 2. The highest BCUT2D eigenvalue weighted by molar-refractivity contribution is 5.92. The minimum atomic E-state index is -0.763. The molecule has 2 aromatic rings. The molecule has 0 unspecified atom stereocenters. The van der Waals surface area contributed by atoms with Gasteiger partial charge in [0.05, 0.1) is 19.0 Å². The summed E-state index contributed by atoms with van der Waals surface area (Å²) in [6, 6.07) is 3.49. The molecule has 1 aliphatic rings. The third-order valence-electron chi connectivity index (χ3n) is 4.18. The van der Waals surface area contributed by atoms with Gasteiger partial charge in [-0.05, 0) is 19.1 Å². The molecule has 10 heteroatoms. The Bertz CT molecular complexity index is 835. The minimum absolute atomic E-state index is 0.101. The van der Waals surface area contributed by atoms with Gasteiger partial charge in [-0.15, -0.1) is 0 Å². The summed E-state index contributed by atoms with van der Waals surface area (Å²) in [5.41, 5.74) is -0.241. The van der Waals surface area contributed by atoms with E-state index in [1.165, 1.54) is 23.4 Å². The Morgan fingerprint density at radius 1 is 1.07 bits per heavy atom. The SMILES string of the molecule is CCOC(=O)N1CCN(C(=O)c2cnc(Nc3c(F)cccc3F)cn2)CC1. The van der Waals surface area contributed by atoms with Gasteiger partial charge in [0.2, 0.25) is 0 Å². The molecular weight excluding hydrogens is 372 g/mol. The van der Waals surface area contributed by atoms with E-state index in [-0.39, 0.29) is 23.1 Å². The number of rotatable bonds is 4. The Morgan fingerprint density at radius 2 is 1.71 bits per heavy atom. The number of carbonyl (C=O) groups excluding carboxylic acids is 2. The standard InChI is InChI=1S/C18H19F2N5O3/c1-2-28-18(27)25-8-6-24(7-9-25)17(26)14-10-22-15(11-21-14)23-16-12(19)4-3-5-13(16)20/h3-5,10-11H,2,6-9H2,1H3,(H,22,23). The predicted octanol–water partition coefficient (Wildman–Crippen LogP) is 2.41. The Balaban J connectivity index is 1.61. The fraction of sp³-hybridized carbons (Fsp3) is 0.333. The number of halogens is 2. The number of para-hydroxylation sites is 1. The second-order valence-electron chi connectivity index (χ2n) is 5.99. The Labute approximate surface area is 160 Å². The van der Waals surface area contributed by atoms with Gasteiger partial charge in [-0.2, -0.15) is 0 Å². The highest BCUT2D eigenvalue weighted by atomic mass is 19.1. The number of hydrogen-bond donors (Lipinski definition) is 1. The van der Waals surface area contributed by atoms with Gasteiger partial charge in [0.15, 0.2) is 0 Å². The van der Waals surface area contributed by atoms with Gasteiger partial charge in [-0.25, -0.2) is 23.5 Å². The molecule has 1 fully saturated rings. The Morgan fingerprint density at radius 3 is 2.29 bits per heavy atom. The molecule has 1 saturated heterocycles. The van der Waals surface area contributed by atoms with E-state index >= 15 is 0 Å². The van der Waals surface area contributed by atoms with Crippen molar-refractivity contribution in [3.63, 3.8) is 0 Å². The summed E-state index contributed by atoms with van der Waals surface area (Å²) in [5, 5.41) is 2.51. The van der Waals surface area contributed by atoms with Crippen LogP contribution in [0.4, 0.5) is 25.1 Å². The number of ether oxygens (including phenoxy) is 1. The van der Waals surface area contributed by atoms with Crippen molar-refractivity contribution in [2.75, 3.05) is 38.1 Å². The first-order chi connectivity index (χ1) is 13.5. The molecule has 0 bridgehead atoms. The molecule has 1 aromatic heterocycles. The lowest BCUT2D eigenvalue weighted by atomic mass is 10.3. The van der Waals surface area contributed by atoms with Crippen LogP contribution >= 0.6 is 0 Å². The fourth-order valence-electron chi connectivity index (χ4n) is 2.72. The molecule has 0 atom stereocenters. The fourth-order valence-corrected chi connectivity index (χ4v) is 2.72. The summed E-state index contributed by atoms with van der Waals surface area (Å²) in [6.45, 7) is 3.45. The molecule has 3 rings (SSSR count). The van der Waals surface area contributed by atoms with Crippen LogP contribution in [0.5, 0.6) is 0 Å². The monoisotopic (exact) mass is 391 g/mol. The van der Waals surface area contributed by atoms with Gasteiger partial charge in [0.1, 0.15) is 28.8 Å². The van der Waals surface area contributed by atoms with Crippen LogP contribution in [0.3, 0.4) is 0 Å². The van der Waals surface area contributed by atoms with Crippen molar-refractivity contribution in [2.24, 2.45) is 0 Å². The van der Waals surface area contributed by atoms with Crippen LogP contribution in [-0.4, -0.2) is 64.6 Å². The van der Waals surface area contributed by atoms with E-state index in [0.717, 1.165) is 12.1 Å². The summed E-state index contributed by atoms with van der Waals surface area (Å²) >= 11 is 0. The van der Waals surface area contributed by atoms with Gasteiger partial charge < -0.3 is 19.9 Å². The van der Waals surface area contributed by atoms with E-state index in [1.54, 1.807) is 11.8 Å². The van der Waals surface area contributed by atoms with Gasteiger partial charge in [0, 0.05) is 26.2 Å². The third kappa shape index (κ3) is 4.33. The van der Waals surface area contributed by atoms with E-state index in [4.69, 9.17) is 4.74 Å². The molecular formula is C18H19F2N5O3. The maximum atomic E-state index is 13.7. The van der Waals surface area contributed by atoms with E-state index in [0.29, 0.717) is 32.8 Å². The molecule has 2 amide bonds. The molecule has 0 spiro atoms. The first-order valence-corrected chi connectivity index (χ1v) is 8.73. The molecule has 1 aliphatic heterocycles. The molecule has 1 N–H and O–H groups in total. The lowest BCUT2D eigenvalue weighted by Gasteiger charge is -2.33. The maximum Gasteiger partial charge on any atom is 0.409 e. The van der Waals surface area contributed by atoms with Gasteiger partial charge in [-0.3, -0.25) is 4.79 Å². The second-order valence-corrected chi connectivity index (χ2v) is 5.99. The lowest BCUT2D eigenvalue weighted by Crippen LogP contribution is -2.50. The maximum absolute atomic E-state index is 13.7. The molecule has 1 aromatic carbocycles. The molecule has 28 heavy (non-hydrogen) atoms. The number of hydrogen-bond acceptors (Lipinski definition) is 6. The number of nitrogens with zero attached hydrogens (tertiary/aromatic N) is 4. The quantitative estimate of drug-likeness (QED) is 0.861. The van der Waals surface area contributed by atoms with Crippen LogP contribution in [0.25, 0.3) is 0 Å². The van der Waals surface area contributed by atoms with Crippen LogP contribution in [-0.2, 0) is 4.74 Å². The average molecular weight is 391 g/mol. The zero-order valence-corrected chi connectivity index (χ0v) is 15.2. The highest BCUT2D eigenvalue weighted by Crippen LogP contribution is 2.21. The zero-order chi connectivity index (χ0) is 20.1. The predicted molar refractivity (Wildman–Crippen MR) is 96.2 cm³/mol. The van der Waals surface area contributed by atoms with Crippen LogP contribution < -0.4 is 5.32 Å². The highest BCUT2D eigenvalue weighted by Gasteiger charge is 2.26. The third-order valence-corrected chi connectivity index (χ3v) is 4.18. The first-order valence-electron chi connectivity index (χ1n) is 8.73. The Hall–Kier alpha value is -3.30. The number of nitrogens with one attached hydrogen (secondary N) is 1. The molecule has 0 aliphatic carbocycles. The normalized spacial score (nSPS) is 14.0. The number of aromatic nitrogens is 2. The van der Waals surface area contributed by atoms with Crippen LogP contribution in [0.15, 0.2) is 30.6 Å². The number of anilines is 2. The molecule has 0 radical (unpaired) electrons. The van der Waals surface area contributed by atoms with Gasteiger partial charge in [0.25, 0.3) is 5.91 Å². The number of carbonyl (C=O) groups is 2. The summed E-state index contributed by atoms with van der Waals surface area (Å²) < 4.78 is 32.3. The summed E-state index contributed by atoms with van der Waals surface area (Å²) in [6.07, 6.45) is 2.07. The van der Waals surface area contributed by atoms with Crippen LogP contribution in [0, 0.1) is 11.6 Å². The van der Waals surface area contributed by atoms with Crippen LogP contribution in [0.2, 0.25) is 0 Å². The van der Waals surface area contributed by atoms with Crippen molar-refractivity contribution in [1.82, 2.24) is 19.8 Å². The average Bonchev–Trinajstić information content (AvgIpc) is 2.71. The summed E-state index contributed by atoms with van der Waals surface area (Å²) in [4.78, 5) is 35.3. The van der Waals surface area contributed by atoms with Crippen molar-refractivity contribution >= 4 is 23.5 Å². The van der Waals surface area contributed by atoms with Crippen molar-refractivity contribution in [1.29, 1.82) is 0 Å². The zero-order valence-electron chi connectivity index (χ0n) is 15.2. The van der Waals surface area contributed by atoms with Gasteiger partial charge in [-0.1, -0.05) is 6.07 Å². The minimum Gasteiger partial charge on any atom is -0.450 e. The van der Waals surface area contributed by atoms with Gasteiger partial charge >= 0.3 is 6.09 Å². The van der Waals surface area contributed by atoms with Crippen molar-refractivity contribution in [2.45, 2.75) is 6.92 Å². The van der Waals surface area contributed by atoms with E-state index in [1.807, 2.05) is 0 Å². The van der Waals surface area contributed by atoms with Crippen molar-refractivity contribution in [3.05, 3.63) is 47.9 Å². The van der Waals surface area contributed by atoms with E-state index < -0.39 is 17.7 Å². The Kier molecular flexibility index (Phi) is 5.97. The van der Waals surface area contributed by atoms with E-state index in [9.17, 15) is 18.4 Å². The smallest absolute Gasteiger partial charge is 0.409 e. The topological polar surface area (TPSA) is 87.7 Å². The first kappa shape index (κ1) is 19.5. The molecule has 8 nitrogen and oxygen atoms in total. The number of piperazine rings is 1. The van der Waals surface area contributed by atoms with E-state index in [2.05, 4.69) is 15.3 Å². The molecule has 0 saturated carbocycles. The molecule has 148 valence electrons.